The van der Waals surface area contributed by atoms with E-state index in [2.05, 4.69) is 40.2 Å². The summed E-state index contributed by atoms with van der Waals surface area (Å²) in [5.41, 5.74) is 2.02. The van der Waals surface area contributed by atoms with Crippen LogP contribution in [0.15, 0.2) is 30.5 Å². The van der Waals surface area contributed by atoms with Gasteiger partial charge in [-0.25, -0.2) is 0 Å². The predicted octanol–water partition coefficient (Wildman–Crippen LogP) is 2.01. The molecule has 0 aliphatic carbocycles. The Morgan fingerprint density at radius 3 is 2.76 bits per heavy atom. The molecule has 1 aromatic carbocycles. The number of rotatable bonds is 6. The Bertz CT molecular complexity index is 747. The third kappa shape index (κ3) is 3.69. The molecule has 0 unspecified atom stereocenters. The van der Waals surface area contributed by atoms with Crippen LogP contribution < -0.4 is 10.2 Å². The Balaban J connectivity index is 1.87. The predicted molar refractivity (Wildman–Crippen MR) is 99.8 cm³/mol. The second-order valence-corrected chi connectivity index (χ2v) is 6.69. The van der Waals surface area contributed by atoms with Crippen LogP contribution in [0, 0.1) is 0 Å². The standard InChI is InChI=1S/C19H26N4O2/c1-20-19(25)9-12-22(14-24)17-4-3-5-18-16(17)8-13-23(18)15-6-10-21(2)11-7-15/h3-5,8,13-15H,6-7,9-12H2,1-2H3,(H,20,25). The Morgan fingerprint density at radius 2 is 2.08 bits per heavy atom. The summed E-state index contributed by atoms with van der Waals surface area (Å²) in [6.45, 7) is 2.59. The molecule has 6 nitrogen and oxygen atoms in total. The fourth-order valence-corrected chi connectivity index (χ4v) is 3.59. The third-order valence-corrected chi connectivity index (χ3v) is 5.12. The fraction of sp³-hybridized carbons (Fsp3) is 0.474. The molecule has 3 rings (SSSR count). The number of hydrogen-bond donors (Lipinski definition) is 1. The molecule has 25 heavy (non-hydrogen) atoms. The molecule has 2 aromatic rings. The number of aromatic nitrogens is 1. The lowest BCUT2D eigenvalue weighted by Gasteiger charge is -2.30. The largest absolute Gasteiger partial charge is 0.359 e. The van der Waals surface area contributed by atoms with E-state index in [4.69, 9.17) is 0 Å². The van der Waals surface area contributed by atoms with Gasteiger partial charge in [-0.1, -0.05) is 6.07 Å². The van der Waals surface area contributed by atoms with Crippen molar-refractivity contribution in [2.75, 3.05) is 38.6 Å². The van der Waals surface area contributed by atoms with Gasteiger partial charge in [0.25, 0.3) is 0 Å². The van der Waals surface area contributed by atoms with Crippen molar-refractivity contribution in [1.82, 2.24) is 14.8 Å². The third-order valence-electron chi connectivity index (χ3n) is 5.12. The number of nitrogens with zero attached hydrogens (tertiary/aromatic N) is 3. The summed E-state index contributed by atoms with van der Waals surface area (Å²) in [4.78, 5) is 27.1. The highest BCUT2D eigenvalue weighted by molar-refractivity contribution is 5.97. The molecule has 0 spiro atoms. The zero-order valence-corrected chi connectivity index (χ0v) is 14.9. The van der Waals surface area contributed by atoms with Gasteiger partial charge in [0.2, 0.25) is 12.3 Å². The molecule has 0 bridgehead atoms. The number of carbonyl (C=O) groups is 2. The Morgan fingerprint density at radius 1 is 1.32 bits per heavy atom. The maximum Gasteiger partial charge on any atom is 0.221 e. The van der Waals surface area contributed by atoms with Gasteiger partial charge in [0.05, 0.1) is 11.2 Å². The average molecular weight is 342 g/mol. The molecular weight excluding hydrogens is 316 g/mol. The lowest BCUT2D eigenvalue weighted by Crippen LogP contribution is -2.31. The second-order valence-electron chi connectivity index (χ2n) is 6.69. The minimum Gasteiger partial charge on any atom is -0.359 e. The number of anilines is 1. The van der Waals surface area contributed by atoms with Gasteiger partial charge >= 0.3 is 0 Å². The molecule has 1 aliphatic rings. The van der Waals surface area contributed by atoms with E-state index >= 15 is 0 Å². The SMILES string of the molecule is CNC(=O)CCN(C=O)c1cccc2c1ccn2C1CCN(C)CC1. The van der Waals surface area contributed by atoms with E-state index in [-0.39, 0.29) is 5.91 Å². The number of carbonyl (C=O) groups excluding carboxylic acids is 2. The van der Waals surface area contributed by atoms with E-state index in [0.717, 1.165) is 48.9 Å². The van der Waals surface area contributed by atoms with Crippen molar-refractivity contribution >= 4 is 28.9 Å². The molecule has 134 valence electrons. The van der Waals surface area contributed by atoms with Crippen molar-refractivity contribution in [3.05, 3.63) is 30.5 Å². The van der Waals surface area contributed by atoms with Gasteiger partial charge in [-0.15, -0.1) is 0 Å². The van der Waals surface area contributed by atoms with Gasteiger partial charge in [0.15, 0.2) is 0 Å². The highest BCUT2D eigenvalue weighted by Crippen LogP contribution is 2.32. The maximum atomic E-state index is 11.6. The van der Waals surface area contributed by atoms with Crippen molar-refractivity contribution in [1.29, 1.82) is 0 Å². The molecule has 0 atom stereocenters. The van der Waals surface area contributed by atoms with Crippen molar-refractivity contribution in [3.8, 4) is 0 Å². The molecule has 0 radical (unpaired) electrons. The van der Waals surface area contributed by atoms with Crippen LogP contribution in [0.25, 0.3) is 10.9 Å². The average Bonchev–Trinajstić information content (AvgIpc) is 3.07. The van der Waals surface area contributed by atoms with Crippen molar-refractivity contribution in [2.24, 2.45) is 0 Å². The first-order valence-corrected chi connectivity index (χ1v) is 8.84. The molecule has 1 aromatic heterocycles. The first-order chi connectivity index (χ1) is 12.1. The summed E-state index contributed by atoms with van der Waals surface area (Å²) >= 11 is 0. The Labute approximate surface area is 148 Å². The van der Waals surface area contributed by atoms with Gasteiger partial charge in [-0.2, -0.15) is 0 Å². The van der Waals surface area contributed by atoms with Gasteiger partial charge in [-0.05, 0) is 51.2 Å². The number of hydrogen-bond acceptors (Lipinski definition) is 3. The molecular formula is C19H26N4O2. The summed E-state index contributed by atoms with van der Waals surface area (Å²) in [5.74, 6) is -0.0667. The monoisotopic (exact) mass is 342 g/mol. The molecule has 1 N–H and O–H groups in total. The normalized spacial score (nSPS) is 16.1. The van der Waals surface area contributed by atoms with Crippen LogP contribution in [0.2, 0.25) is 0 Å². The van der Waals surface area contributed by atoms with Crippen molar-refractivity contribution in [3.63, 3.8) is 0 Å². The van der Waals surface area contributed by atoms with Crippen LogP contribution in [-0.4, -0.2) is 55.5 Å². The van der Waals surface area contributed by atoms with Crippen LogP contribution in [0.3, 0.4) is 0 Å². The van der Waals surface area contributed by atoms with E-state index in [1.54, 1.807) is 11.9 Å². The molecule has 1 fully saturated rings. The first kappa shape index (κ1) is 17.5. The van der Waals surface area contributed by atoms with Crippen LogP contribution in [0.4, 0.5) is 5.69 Å². The van der Waals surface area contributed by atoms with Crippen molar-refractivity contribution in [2.45, 2.75) is 25.3 Å². The van der Waals surface area contributed by atoms with Crippen LogP contribution in [-0.2, 0) is 9.59 Å². The van der Waals surface area contributed by atoms with E-state index < -0.39 is 0 Å². The highest BCUT2D eigenvalue weighted by Gasteiger charge is 2.20. The number of likely N-dealkylation sites (tertiary alicyclic amines) is 1. The summed E-state index contributed by atoms with van der Waals surface area (Å²) in [5, 5.41) is 3.65. The van der Waals surface area contributed by atoms with Crippen molar-refractivity contribution < 1.29 is 9.59 Å². The number of nitrogens with one attached hydrogen (secondary N) is 1. The molecule has 2 amide bonds. The molecule has 1 saturated heterocycles. The lowest BCUT2D eigenvalue weighted by atomic mass is 10.1. The number of benzene rings is 1. The van der Waals surface area contributed by atoms with Crippen LogP contribution >= 0.6 is 0 Å². The molecule has 0 saturated carbocycles. The van der Waals surface area contributed by atoms with E-state index in [9.17, 15) is 9.59 Å². The van der Waals surface area contributed by atoms with Gasteiger partial charge < -0.3 is 19.7 Å². The maximum absolute atomic E-state index is 11.6. The van der Waals surface area contributed by atoms with E-state index in [1.165, 1.54) is 0 Å². The number of fused-ring (bicyclic) bond motifs is 1. The minimum absolute atomic E-state index is 0.0667. The quantitative estimate of drug-likeness (QED) is 0.817. The summed E-state index contributed by atoms with van der Waals surface area (Å²) in [6.07, 6.45) is 5.51. The minimum atomic E-state index is -0.0667. The zero-order valence-electron chi connectivity index (χ0n) is 14.9. The van der Waals surface area contributed by atoms with Gasteiger partial charge in [0.1, 0.15) is 0 Å². The number of piperidine rings is 1. The topological polar surface area (TPSA) is 57.6 Å². The summed E-state index contributed by atoms with van der Waals surface area (Å²) in [6, 6.07) is 8.62. The molecule has 6 heteroatoms. The fourth-order valence-electron chi connectivity index (χ4n) is 3.59. The number of amides is 2. The van der Waals surface area contributed by atoms with Gasteiger partial charge in [-0.3, -0.25) is 9.59 Å². The summed E-state index contributed by atoms with van der Waals surface area (Å²) in [7, 11) is 3.77. The summed E-state index contributed by atoms with van der Waals surface area (Å²) < 4.78 is 2.34. The highest BCUT2D eigenvalue weighted by atomic mass is 16.2. The smallest absolute Gasteiger partial charge is 0.221 e. The van der Waals surface area contributed by atoms with E-state index in [1.807, 2.05) is 12.1 Å². The first-order valence-electron chi connectivity index (χ1n) is 8.84. The Hall–Kier alpha value is -2.34. The van der Waals surface area contributed by atoms with E-state index in [0.29, 0.717) is 19.0 Å². The molecule has 1 aliphatic heterocycles. The molecule has 2 heterocycles. The van der Waals surface area contributed by atoms with Crippen LogP contribution in [0.1, 0.15) is 25.3 Å². The lowest BCUT2D eigenvalue weighted by molar-refractivity contribution is -0.120. The zero-order chi connectivity index (χ0) is 17.8. The van der Waals surface area contributed by atoms with Gasteiger partial charge in [0, 0.05) is 37.6 Å². The Kier molecular flexibility index (Phi) is 5.38. The second kappa shape index (κ2) is 7.70. The van der Waals surface area contributed by atoms with Crippen LogP contribution in [0.5, 0.6) is 0 Å².